The van der Waals surface area contributed by atoms with Crippen LogP contribution in [0.15, 0.2) is 0 Å². The van der Waals surface area contributed by atoms with Gasteiger partial charge in [0, 0.05) is 0 Å². The number of hydrogen-bond acceptors (Lipinski definition) is 2. The second kappa shape index (κ2) is 5.14. The summed E-state index contributed by atoms with van der Waals surface area (Å²) in [6.45, 7) is 3.84. The standard InChI is InChI=1S/C9H18O3/c1-3-5-6-9(12,4-2)7-8(10)11/h12H,3-7H2,1-2H3,(H,10,11). The molecule has 0 aromatic carbocycles. The normalized spacial score (nSPS) is 15.6. The van der Waals surface area contributed by atoms with Crippen LogP contribution in [0.5, 0.6) is 0 Å². The van der Waals surface area contributed by atoms with Crippen LogP contribution in [0, 0.1) is 0 Å². The Hall–Kier alpha value is -0.570. The predicted octanol–water partition coefficient (Wildman–Crippen LogP) is 1.79. The zero-order valence-electron chi connectivity index (χ0n) is 7.84. The van der Waals surface area contributed by atoms with E-state index in [2.05, 4.69) is 0 Å². The lowest BCUT2D eigenvalue weighted by Crippen LogP contribution is -2.30. The third-order valence-electron chi connectivity index (χ3n) is 2.13. The second-order valence-corrected chi connectivity index (χ2v) is 3.25. The lowest BCUT2D eigenvalue weighted by atomic mass is 9.90. The Labute approximate surface area is 73.4 Å². The first-order valence-electron chi connectivity index (χ1n) is 4.48. The van der Waals surface area contributed by atoms with Crippen molar-refractivity contribution in [2.75, 3.05) is 0 Å². The molecule has 1 atom stereocenters. The molecule has 0 aliphatic heterocycles. The van der Waals surface area contributed by atoms with Gasteiger partial charge in [0.15, 0.2) is 0 Å². The molecule has 12 heavy (non-hydrogen) atoms. The lowest BCUT2D eigenvalue weighted by Gasteiger charge is -2.24. The number of rotatable bonds is 6. The van der Waals surface area contributed by atoms with Crippen LogP contribution in [0.1, 0.15) is 46.0 Å². The minimum absolute atomic E-state index is 0.135. The summed E-state index contributed by atoms with van der Waals surface area (Å²) in [7, 11) is 0. The van der Waals surface area contributed by atoms with Gasteiger partial charge in [-0.05, 0) is 12.8 Å². The molecule has 0 aromatic heterocycles. The van der Waals surface area contributed by atoms with Crippen molar-refractivity contribution in [2.45, 2.75) is 51.6 Å². The summed E-state index contributed by atoms with van der Waals surface area (Å²) in [5, 5.41) is 18.3. The summed E-state index contributed by atoms with van der Waals surface area (Å²) in [5.41, 5.74) is -0.984. The molecule has 0 heterocycles. The molecule has 0 bridgehead atoms. The summed E-state index contributed by atoms with van der Waals surface area (Å²) in [6.07, 6.45) is 2.84. The van der Waals surface area contributed by atoms with E-state index >= 15 is 0 Å². The molecule has 0 saturated carbocycles. The lowest BCUT2D eigenvalue weighted by molar-refractivity contribution is -0.143. The van der Waals surface area contributed by atoms with Crippen molar-refractivity contribution in [2.24, 2.45) is 0 Å². The maximum absolute atomic E-state index is 10.4. The van der Waals surface area contributed by atoms with Gasteiger partial charge in [0.2, 0.25) is 0 Å². The Balaban J connectivity index is 3.95. The van der Waals surface area contributed by atoms with Gasteiger partial charge in [0.25, 0.3) is 0 Å². The Morgan fingerprint density at radius 2 is 2.00 bits per heavy atom. The van der Waals surface area contributed by atoms with Gasteiger partial charge >= 0.3 is 5.97 Å². The number of hydrogen-bond donors (Lipinski definition) is 2. The van der Waals surface area contributed by atoms with Crippen LogP contribution in [0.4, 0.5) is 0 Å². The summed E-state index contributed by atoms with van der Waals surface area (Å²) in [5.74, 6) is -0.921. The maximum Gasteiger partial charge on any atom is 0.306 e. The molecule has 0 rings (SSSR count). The highest BCUT2D eigenvalue weighted by Gasteiger charge is 2.26. The van der Waals surface area contributed by atoms with Crippen molar-refractivity contribution in [3.05, 3.63) is 0 Å². The van der Waals surface area contributed by atoms with E-state index in [-0.39, 0.29) is 6.42 Å². The highest BCUT2D eigenvalue weighted by atomic mass is 16.4. The number of unbranched alkanes of at least 4 members (excludes halogenated alkanes) is 1. The summed E-state index contributed by atoms with van der Waals surface area (Å²) >= 11 is 0. The zero-order chi connectivity index (χ0) is 9.61. The number of aliphatic hydroxyl groups is 1. The van der Waals surface area contributed by atoms with Crippen LogP contribution in [-0.4, -0.2) is 21.8 Å². The van der Waals surface area contributed by atoms with E-state index in [1.54, 1.807) is 0 Å². The van der Waals surface area contributed by atoms with Crippen molar-refractivity contribution in [1.29, 1.82) is 0 Å². The first kappa shape index (κ1) is 11.4. The third-order valence-corrected chi connectivity index (χ3v) is 2.13. The van der Waals surface area contributed by atoms with Crippen LogP contribution in [0.25, 0.3) is 0 Å². The van der Waals surface area contributed by atoms with Crippen molar-refractivity contribution < 1.29 is 15.0 Å². The minimum Gasteiger partial charge on any atom is -0.481 e. The van der Waals surface area contributed by atoms with Crippen LogP contribution in [0.3, 0.4) is 0 Å². The molecular formula is C9H18O3. The minimum atomic E-state index is -0.984. The van der Waals surface area contributed by atoms with Gasteiger partial charge < -0.3 is 10.2 Å². The van der Waals surface area contributed by atoms with Crippen LogP contribution in [-0.2, 0) is 4.79 Å². The second-order valence-electron chi connectivity index (χ2n) is 3.25. The van der Waals surface area contributed by atoms with E-state index in [4.69, 9.17) is 5.11 Å². The van der Waals surface area contributed by atoms with E-state index in [0.717, 1.165) is 12.8 Å². The molecule has 0 aliphatic rings. The van der Waals surface area contributed by atoms with E-state index in [0.29, 0.717) is 12.8 Å². The fourth-order valence-electron chi connectivity index (χ4n) is 1.18. The first-order valence-corrected chi connectivity index (χ1v) is 4.48. The van der Waals surface area contributed by atoms with Crippen molar-refractivity contribution in [3.8, 4) is 0 Å². The molecule has 0 saturated heterocycles. The molecule has 0 aromatic rings. The Kier molecular flexibility index (Phi) is 4.90. The SMILES string of the molecule is CCCCC(O)(CC)CC(=O)O. The highest BCUT2D eigenvalue weighted by Crippen LogP contribution is 2.22. The van der Waals surface area contributed by atoms with Gasteiger partial charge in [-0.25, -0.2) is 0 Å². The smallest absolute Gasteiger partial charge is 0.306 e. The quantitative estimate of drug-likeness (QED) is 0.645. The average Bonchev–Trinajstić information content (AvgIpc) is 2.00. The molecule has 0 spiro atoms. The molecule has 3 heteroatoms. The molecule has 0 fully saturated rings. The summed E-state index contributed by atoms with van der Waals surface area (Å²) in [4.78, 5) is 10.4. The van der Waals surface area contributed by atoms with Gasteiger partial charge in [-0.15, -0.1) is 0 Å². The number of carboxylic acid groups (broad SMARTS) is 1. The van der Waals surface area contributed by atoms with Crippen molar-refractivity contribution in [1.82, 2.24) is 0 Å². The molecule has 2 N–H and O–H groups in total. The third kappa shape index (κ3) is 4.34. The number of carboxylic acids is 1. The fourth-order valence-corrected chi connectivity index (χ4v) is 1.18. The summed E-state index contributed by atoms with van der Waals surface area (Å²) in [6, 6.07) is 0. The number of aliphatic carboxylic acids is 1. The monoisotopic (exact) mass is 174 g/mol. The molecular weight excluding hydrogens is 156 g/mol. The molecule has 0 amide bonds. The van der Waals surface area contributed by atoms with Crippen LogP contribution < -0.4 is 0 Å². The zero-order valence-corrected chi connectivity index (χ0v) is 7.84. The van der Waals surface area contributed by atoms with Crippen LogP contribution in [0.2, 0.25) is 0 Å². The van der Waals surface area contributed by atoms with Crippen LogP contribution >= 0.6 is 0 Å². The van der Waals surface area contributed by atoms with Gasteiger partial charge in [-0.2, -0.15) is 0 Å². The first-order chi connectivity index (χ1) is 5.54. The van der Waals surface area contributed by atoms with Crippen molar-refractivity contribution in [3.63, 3.8) is 0 Å². The molecule has 3 nitrogen and oxygen atoms in total. The Morgan fingerprint density at radius 3 is 2.33 bits per heavy atom. The fraction of sp³-hybridized carbons (Fsp3) is 0.889. The van der Waals surface area contributed by atoms with Gasteiger partial charge in [-0.1, -0.05) is 26.7 Å². The van der Waals surface area contributed by atoms with E-state index in [1.165, 1.54) is 0 Å². The molecule has 0 radical (unpaired) electrons. The van der Waals surface area contributed by atoms with E-state index in [9.17, 15) is 9.90 Å². The van der Waals surface area contributed by atoms with Gasteiger partial charge in [-0.3, -0.25) is 4.79 Å². The summed E-state index contributed by atoms with van der Waals surface area (Å²) < 4.78 is 0. The van der Waals surface area contributed by atoms with Gasteiger partial charge in [0.05, 0.1) is 12.0 Å². The van der Waals surface area contributed by atoms with E-state index < -0.39 is 11.6 Å². The Morgan fingerprint density at radius 1 is 1.42 bits per heavy atom. The average molecular weight is 174 g/mol. The van der Waals surface area contributed by atoms with Crippen molar-refractivity contribution >= 4 is 5.97 Å². The molecule has 72 valence electrons. The predicted molar refractivity (Wildman–Crippen MR) is 47.0 cm³/mol. The molecule has 1 unspecified atom stereocenters. The van der Waals surface area contributed by atoms with Gasteiger partial charge in [0.1, 0.15) is 0 Å². The number of carbonyl (C=O) groups is 1. The highest BCUT2D eigenvalue weighted by molar-refractivity contribution is 5.68. The van der Waals surface area contributed by atoms with E-state index in [1.807, 2.05) is 13.8 Å². The largest absolute Gasteiger partial charge is 0.481 e. The molecule has 0 aliphatic carbocycles. The maximum atomic E-state index is 10.4. The topological polar surface area (TPSA) is 57.5 Å². The Bertz CT molecular complexity index is 145.